The summed E-state index contributed by atoms with van der Waals surface area (Å²) in [6.45, 7) is 6.89. The first-order valence-corrected chi connectivity index (χ1v) is 9.44. The fourth-order valence-corrected chi connectivity index (χ4v) is 3.45. The molecule has 25 heavy (non-hydrogen) atoms. The first kappa shape index (κ1) is 17.7. The fraction of sp³-hybridized carbons (Fsp3) is 0.409. The molecule has 0 saturated heterocycles. The van der Waals surface area contributed by atoms with E-state index in [9.17, 15) is 0 Å². The molecule has 1 aromatic carbocycles. The van der Waals surface area contributed by atoms with Crippen LogP contribution in [0.1, 0.15) is 50.4 Å². The van der Waals surface area contributed by atoms with Gasteiger partial charge in [-0.2, -0.15) is 0 Å². The van der Waals surface area contributed by atoms with Gasteiger partial charge in [-0.3, -0.25) is 0 Å². The van der Waals surface area contributed by atoms with Gasteiger partial charge in [0.1, 0.15) is 5.82 Å². The highest BCUT2D eigenvalue weighted by molar-refractivity contribution is 5.78. The second-order valence-corrected chi connectivity index (χ2v) is 6.85. The lowest BCUT2D eigenvalue weighted by atomic mass is 9.95. The number of aromatic nitrogens is 2. The Morgan fingerprint density at radius 2 is 2.16 bits per heavy atom. The Kier molecular flexibility index (Phi) is 6.24. The third-order valence-corrected chi connectivity index (χ3v) is 5.00. The van der Waals surface area contributed by atoms with Crippen LogP contribution in [-0.2, 0) is 6.42 Å². The molecular formula is C22H29N3. The van der Waals surface area contributed by atoms with Crippen molar-refractivity contribution in [2.45, 2.75) is 51.5 Å². The third kappa shape index (κ3) is 4.93. The number of nitrogens with one attached hydrogen (secondary N) is 2. The molecule has 0 amide bonds. The summed E-state index contributed by atoms with van der Waals surface area (Å²) >= 11 is 0. The molecule has 1 heterocycles. The largest absolute Gasteiger partial charge is 0.342 e. The van der Waals surface area contributed by atoms with Gasteiger partial charge < -0.3 is 10.3 Å². The molecule has 0 radical (unpaired) electrons. The molecule has 1 aliphatic rings. The molecule has 0 unspecified atom stereocenters. The van der Waals surface area contributed by atoms with E-state index in [1.165, 1.54) is 37.7 Å². The molecule has 3 heteroatoms. The van der Waals surface area contributed by atoms with Gasteiger partial charge in [0, 0.05) is 19.0 Å². The van der Waals surface area contributed by atoms with Crippen molar-refractivity contribution in [3.8, 4) is 0 Å². The van der Waals surface area contributed by atoms with E-state index in [0.29, 0.717) is 6.04 Å². The van der Waals surface area contributed by atoms with Gasteiger partial charge in [-0.15, -0.1) is 0 Å². The quantitative estimate of drug-likeness (QED) is 0.685. The average Bonchev–Trinajstić information content (AvgIpc) is 3.07. The number of fused-ring (bicyclic) bond motifs is 1. The second-order valence-electron chi connectivity index (χ2n) is 6.85. The molecule has 2 N–H and O–H groups in total. The van der Waals surface area contributed by atoms with Crippen molar-refractivity contribution in [2.24, 2.45) is 0 Å². The fourth-order valence-electron chi connectivity index (χ4n) is 3.45. The van der Waals surface area contributed by atoms with Crippen molar-refractivity contribution in [3.63, 3.8) is 0 Å². The number of allylic oxidation sites excluding steroid dienone is 2. The van der Waals surface area contributed by atoms with Gasteiger partial charge in [-0.05, 0) is 43.0 Å². The van der Waals surface area contributed by atoms with E-state index < -0.39 is 0 Å². The molecule has 0 spiro atoms. The van der Waals surface area contributed by atoms with Gasteiger partial charge in [-0.1, -0.05) is 56.2 Å². The van der Waals surface area contributed by atoms with Crippen LogP contribution in [0.5, 0.6) is 0 Å². The van der Waals surface area contributed by atoms with Crippen molar-refractivity contribution in [3.05, 3.63) is 60.0 Å². The van der Waals surface area contributed by atoms with E-state index in [-0.39, 0.29) is 0 Å². The number of hydrogen-bond donors (Lipinski definition) is 2. The Morgan fingerprint density at radius 1 is 1.32 bits per heavy atom. The Hall–Kier alpha value is -2.13. The predicted octanol–water partition coefficient (Wildman–Crippen LogP) is 5.17. The molecule has 0 aliphatic heterocycles. The summed E-state index contributed by atoms with van der Waals surface area (Å²) < 4.78 is 0. The Morgan fingerprint density at radius 3 is 2.92 bits per heavy atom. The van der Waals surface area contributed by atoms with Crippen molar-refractivity contribution in [1.29, 1.82) is 0 Å². The molecule has 0 atom stereocenters. The predicted molar refractivity (Wildman–Crippen MR) is 108 cm³/mol. The maximum Gasteiger partial charge on any atom is 0.111 e. The number of H-pyrrole nitrogens is 1. The van der Waals surface area contributed by atoms with Gasteiger partial charge in [0.25, 0.3) is 0 Å². The summed E-state index contributed by atoms with van der Waals surface area (Å²) in [6, 6.07) is 6.88. The first-order chi connectivity index (χ1) is 12.3. The molecule has 1 aliphatic carbocycles. The van der Waals surface area contributed by atoms with Crippen LogP contribution in [0.3, 0.4) is 0 Å². The van der Waals surface area contributed by atoms with Gasteiger partial charge in [-0.25, -0.2) is 4.98 Å². The smallest absolute Gasteiger partial charge is 0.111 e. The first-order valence-electron chi connectivity index (χ1n) is 9.44. The van der Waals surface area contributed by atoms with Gasteiger partial charge >= 0.3 is 0 Å². The topological polar surface area (TPSA) is 40.7 Å². The molecule has 2 aromatic rings. The van der Waals surface area contributed by atoms with E-state index in [4.69, 9.17) is 0 Å². The van der Waals surface area contributed by atoms with E-state index in [1.54, 1.807) is 0 Å². The number of nitrogens with zero attached hydrogens (tertiary/aromatic N) is 1. The standard InChI is InChI=1S/C22H29N3/c1-3-17-13-14-20-21(15-17)25-22(24-20)12-8-9-18(4-2)16-23-19-10-6-5-7-11-19/h3-4,8-9,13-15,19,23H,1,5-7,10-12,16H2,2H3,(H,24,25)/b9-8-,18-4+. The number of rotatable bonds is 7. The van der Waals surface area contributed by atoms with E-state index >= 15 is 0 Å². The van der Waals surface area contributed by atoms with Crippen LogP contribution >= 0.6 is 0 Å². The zero-order valence-corrected chi connectivity index (χ0v) is 15.2. The highest BCUT2D eigenvalue weighted by atomic mass is 14.9. The van der Waals surface area contributed by atoms with Crippen LogP contribution in [0.25, 0.3) is 17.1 Å². The maximum absolute atomic E-state index is 4.65. The van der Waals surface area contributed by atoms with Crippen molar-refractivity contribution >= 4 is 17.1 Å². The van der Waals surface area contributed by atoms with Gasteiger partial charge in [0.15, 0.2) is 0 Å². The van der Waals surface area contributed by atoms with Crippen LogP contribution < -0.4 is 5.32 Å². The minimum atomic E-state index is 0.700. The number of aromatic amines is 1. The van der Waals surface area contributed by atoms with E-state index in [2.05, 4.69) is 53.1 Å². The summed E-state index contributed by atoms with van der Waals surface area (Å²) in [6.07, 6.45) is 16.1. The SMILES string of the molecule is C=Cc1ccc2nc(C/C=C\C(=C/C)CNC3CCCCC3)[nH]c2c1. The molecular weight excluding hydrogens is 306 g/mol. The van der Waals surface area contributed by atoms with Gasteiger partial charge in [0.2, 0.25) is 0 Å². The van der Waals surface area contributed by atoms with Crippen LogP contribution in [-0.4, -0.2) is 22.6 Å². The maximum atomic E-state index is 4.65. The van der Waals surface area contributed by atoms with E-state index in [1.807, 2.05) is 18.2 Å². The minimum Gasteiger partial charge on any atom is -0.342 e. The molecule has 3 rings (SSSR count). The lowest BCUT2D eigenvalue weighted by molar-refractivity contribution is 0.383. The van der Waals surface area contributed by atoms with Crippen molar-refractivity contribution in [1.82, 2.24) is 15.3 Å². The number of imidazole rings is 1. The van der Waals surface area contributed by atoms with Crippen molar-refractivity contribution in [2.75, 3.05) is 6.54 Å². The highest BCUT2D eigenvalue weighted by Crippen LogP contribution is 2.18. The Bertz CT molecular complexity index is 761. The van der Waals surface area contributed by atoms with Gasteiger partial charge in [0.05, 0.1) is 11.0 Å². The molecule has 3 nitrogen and oxygen atoms in total. The Labute approximate surface area is 150 Å². The van der Waals surface area contributed by atoms with Crippen LogP contribution in [0.4, 0.5) is 0 Å². The van der Waals surface area contributed by atoms with Crippen molar-refractivity contribution < 1.29 is 0 Å². The zero-order chi connectivity index (χ0) is 17.5. The summed E-state index contributed by atoms with van der Waals surface area (Å²) in [5.41, 5.74) is 4.55. The molecule has 1 saturated carbocycles. The van der Waals surface area contributed by atoms with Crippen LogP contribution in [0.2, 0.25) is 0 Å². The molecule has 0 bridgehead atoms. The molecule has 1 aromatic heterocycles. The normalized spacial score (nSPS) is 16.8. The number of hydrogen-bond acceptors (Lipinski definition) is 2. The van der Waals surface area contributed by atoms with Crippen LogP contribution in [0, 0.1) is 0 Å². The third-order valence-electron chi connectivity index (χ3n) is 5.00. The molecule has 1 fully saturated rings. The minimum absolute atomic E-state index is 0.700. The summed E-state index contributed by atoms with van der Waals surface area (Å²) in [5.74, 6) is 1.00. The highest BCUT2D eigenvalue weighted by Gasteiger charge is 2.12. The second kappa shape index (κ2) is 8.82. The summed E-state index contributed by atoms with van der Waals surface area (Å²) in [7, 11) is 0. The summed E-state index contributed by atoms with van der Waals surface area (Å²) in [5, 5.41) is 3.70. The average molecular weight is 335 g/mol. The zero-order valence-electron chi connectivity index (χ0n) is 15.2. The lowest BCUT2D eigenvalue weighted by Gasteiger charge is -2.23. The Balaban J connectivity index is 1.54. The van der Waals surface area contributed by atoms with Crippen LogP contribution in [0.15, 0.2) is 48.6 Å². The number of benzene rings is 1. The van der Waals surface area contributed by atoms with E-state index in [0.717, 1.165) is 35.4 Å². The monoisotopic (exact) mass is 335 g/mol. The lowest BCUT2D eigenvalue weighted by Crippen LogP contribution is -2.32. The summed E-state index contributed by atoms with van der Waals surface area (Å²) in [4.78, 5) is 8.05. The molecule has 132 valence electrons.